The molecule has 2 aliphatic heterocycles. The fourth-order valence-corrected chi connectivity index (χ4v) is 5.27. The predicted octanol–water partition coefficient (Wildman–Crippen LogP) is 3.23. The molecule has 10 heteroatoms. The molecule has 2 aromatic rings. The van der Waals surface area contributed by atoms with E-state index in [0.717, 1.165) is 22.3 Å². The number of fused-ring (bicyclic) bond motifs is 2. The van der Waals surface area contributed by atoms with Gasteiger partial charge in [-0.25, -0.2) is 0 Å². The van der Waals surface area contributed by atoms with Crippen LogP contribution < -0.4 is 15.0 Å². The van der Waals surface area contributed by atoms with Crippen molar-refractivity contribution >= 4 is 51.9 Å². The monoisotopic (exact) mass is 472 g/mol. The molecular weight excluding hydrogens is 452 g/mol. The lowest BCUT2D eigenvalue weighted by molar-refractivity contribution is -0.139. The average Bonchev–Trinajstić information content (AvgIpc) is 3.21. The molecule has 8 nitrogen and oxygen atoms in total. The van der Waals surface area contributed by atoms with E-state index in [2.05, 4.69) is 10.4 Å². The summed E-state index contributed by atoms with van der Waals surface area (Å²) in [7, 11) is 0. The minimum absolute atomic E-state index is 0.197. The summed E-state index contributed by atoms with van der Waals surface area (Å²) in [6.07, 6.45) is 0. The number of hydrogen-bond acceptors (Lipinski definition) is 6. The molecule has 2 aliphatic rings. The number of rotatable bonds is 4. The Morgan fingerprint density at radius 2 is 1.97 bits per heavy atom. The van der Waals surface area contributed by atoms with Crippen molar-refractivity contribution in [1.29, 1.82) is 0 Å². The molecule has 2 aromatic carbocycles. The van der Waals surface area contributed by atoms with Gasteiger partial charge in [0.25, 0.3) is 5.91 Å². The standard InChI is InChI=1S/C22H21ClN4O4S/c1-13-8-9-18-16(12-13)22(27(15(3)29)25-21(32-22)24-14(2)28)20(30)26(18)10-11-31-19-7-5-4-6-17(19)23/h4-9,12H,10-11H2,1-3H3,(H,24,25,28). The Morgan fingerprint density at radius 3 is 2.66 bits per heavy atom. The maximum atomic E-state index is 13.8. The number of aryl methyl sites for hydroxylation is 1. The third-order valence-electron chi connectivity index (χ3n) is 5.07. The Labute approximate surface area is 194 Å². The molecule has 32 heavy (non-hydrogen) atoms. The van der Waals surface area contributed by atoms with Crippen LogP contribution in [0.2, 0.25) is 5.02 Å². The molecule has 0 saturated carbocycles. The molecule has 2 heterocycles. The molecule has 0 aromatic heterocycles. The largest absolute Gasteiger partial charge is 0.490 e. The summed E-state index contributed by atoms with van der Waals surface area (Å²) in [4.78, 5) is 38.1. The molecule has 1 atom stereocenters. The number of nitrogens with one attached hydrogen (secondary N) is 1. The summed E-state index contributed by atoms with van der Waals surface area (Å²) < 4.78 is 5.79. The van der Waals surface area contributed by atoms with Crippen molar-refractivity contribution in [2.45, 2.75) is 25.6 Å². The number of hydrazone groups is 1. The van der Waals surface area contributed by atoms with Crippen LogP contribution >= 0.6 is 23.4 Å². The van der Waals surface area contributed by atoms with E-state index in [9.17, 15) is 14.4 Å². The first-order chi connectivity index (χ1) is 15.2. The van der Waals surface area contributed by atoms with Crippen LogP contribution in [-0.4, -0.2) is 41.0 Å². The van der Waals surface area contributed by atoms with Gasteiger partial charge in [-0.05, 0) is 36.9 Å². The van der Waals surface area contributed by atoms with E-state index in [1.54, 1.807) is 17.0 Å². The average molecular weight is 473 g/mol. The zero-order chi connectivity index (χ0) is 23.0. The van der Waals surface area contributed by atoms with Crippen LogP contribution in [-0.2, 0) is 19.3 Å². The van der Waals surface area contributed by atoms with Crippen LogP contribution in [0.5, 0.6) is 5.75 Å². The van der Waals surface area contributed by atoms with Crippen molar-refractivity contribution in [3.8, 4) is 5.75 Å². The summed E-state index contributed by atoms with van der Waals surface area (Å²) in [6.45, 7) is 5.04. The fraction of sp³-hybridized carbons (Fsp3) is 0.273. The zero-order valence-electron chi connectivity index (χ0n) is 17.7. The second-order valence-corrected chi connectivity index (χ2v) is 9.01. The molecule has 4 rings (SSSR count). The van der Waals surface area contributed by atoms with Gasteiger partial charge in [-0.1, -0.05) is 41.4 Å². The molecule has 0 radical (unpaired) electrons. The highest BCUT2D eigenvalue weighted by molar-refractivity contribution is 8.15. The number of nitrogens with zero attached hydrogens (tertiary/aromatic N) is 3. The van der Waals surface area contributed by atoms with Crippen molar-refractivity contribution < 1.29 is 19.1 Å². The summed E-state index contributed by atoms with van der Waals surface area (Å²) in [5, 5.41) is 8.68. The van der Waals surface area contributed by atoms with E-state index in [1.165, 1.54) is 13.8 Å². The Hall–Kier alpha value is -3.04. The lowest BCUT2D eigenvalue weighted by atomic mass is 10.0. The Bertz CT molecular complexity index is 1150. The van der Waals surface area contributed by atoms with Gasteiger partial charge in [-0.15, -0.1) is 5.10 Å². The number of anilines is 1. The third kappa shape index (κ3) is 3.71. The van der Waals surface area contributed by atoms with Gasteiger partial charge in [0, 0.05) is 19.4 Å². The normalized spacial score (nSPS) is 19.2. The molecule has 0 fully saturated rings. The lowest BCUT2D eigenvalue weighted by Gasteiger charge is -2.29. The molecule has 166 valence electrons. The van der Waals surface area contributed by atoms with Crippen LogP contribution in [0.25, 0.3) is 0 Å². The van der Waals surface area contributed by atoms with Crippen LogP contribution in [0.1, 0.15) is 25.0 Å². The predicted molar refractivity (Wildman–Crippen MR) is 124 cm³/mol. The second kappa shape index (κ2) is 8.48. The number of thioether (sulfide) groups is 1. The molecule has 1 N–H and O–H groups in total. The second-order valence-electron chi connectivity index (χ2n) is 7.42. The minimum Gasteiger partial charge on any atom is -0.490 e. The number of para-hydroxylation sites is 1. The molecule has 0 bridgehead atoms. The Morgan fingerprint density at radius 1 is 1.22 bits per heavy atom. The number of hydrogen-bond donors (Lipinski definition) is 1. The summed E-state index contributed by atoms with van der Waals surface area (Å²) in [5.74, 6) is -0.550. The van der Waals surface area contributed by atoms with Crippen molar-refractivity contribution in [2.75, 3.05) is 18.1 Å². The zero-order valence-corrected chi connectivity index (χ0v) is 19.3. The fourth-order valence-electron chi connectivity index (χ4n) is 3.76. The van der Waals surface area contributed by atoms with Gasteiger partial charge in [-0.2, -0.15) is 5.01 Å². The molecule has 1 spiro atoms. The van der Waals surface area contributed by atoms with Gasteiger partial charge in [0.2, 0.25) is 16.7 Å². The number of ether oxygens (including phenoxy) is 1. The van der Waals surface area contributed by atoms with Gasteiger partial charge in [0.15, 0.2) is 5.17 Å². The number of halogens is 1. The smallest absolute Gasteiger partial charge is 0.270 e. The third-order valence-corrected chi connectivity index (χ3v) is 6.62. The van der Waals surface area contributed by atoms with Gasteiger partial charge >= 0.3 is 0 Å². The number of carbonyl (C=O) groups is 3. The van der Waals surface area contributed by atoms with Gasteiger partial charge in [0.1, 0.15) is 12.4 Å². The minimum atomic E-state index is -1.42. The lowest BCUT2D eigenvalue weighted by Crippen LogP contribution is -2.49. The first-order valence-electron chi connectivity index (χ1n) is 9.90. The summed E-state index contributed by atoms with van der Waals surface area (Å²) >= 11 is 7.21. The highest BCUT2D eigenvalue weighted by Gasteiger charge is 2.61. The van der Waals surface area contributed by atoms with Crippen molar-refractivity contribution in [1.82, 2.24) is 10.3 Å². The van der Waals surface area contributed by atoms with Crippen LogP contribution in [0.4, 0.5) is 5.69 Å². The van der Waals surface area contributed by atoms with Crippen LogP contribution in [0, 0.1) is 6.92 Å². The highest BCUT2D eigenvalue weighted by Crippen LogP contribution is 2.54. The SMILES string of the molecule is CC(=O)NC1=NN(C(C)=O)C2(S1)C(=O)N(CCOc1ccccc1Cl)c1ccc(C)cc12. The Kier molecular flexibility index (Phi) is 5.87. The quantitative estimate of drug-likeness (QED) is 0.737. The molecule has 1 unspecified atom stereocenters. The van der Waals surface area contributed by atoms with Crippen LogP contribution in [0.15, 0.2) is 47.6 Å². The van der Waals surface area contributed by atoms with E-state index in [0.29, 0.717) is 22.0 Å². The maximum Gasteiger partial charge on any atom is 0.270 e. The molecular formula is C22H21ClN4O4S. The molecule has 3 amide bonds. The van der Waals surface area contributed by atoms with Crippen molar-refractivity contribution in [3.63, 3.8) is 0 Å². The molecule has 0 saturated heterocycles. The summed E-state index contributed by atoms with van der Waals surface area (Å²) in [6, 6.07) is 12.7. The van der Waals surface area contributed by atoms with E-state index < -0.39 is 10.8 Å². The van der Waals surface area contributed by atoms with Gasteiger partial charge in [-0.3, -0.25) is 14.4 Å². The van der Waals surface area contributed by atoms with Crippen molar-refractivity contribution in [2.24, 2.45) is 5.10 Å². The first-order valence-corrected chi connectivity index (χ1v) is 11.1. The number of benzene rings is 2. The number of amides is 3. The van der Waals surface area contributed by atoms with Gasteiger partial charge < -0.3 is 15.0 Å². The first kappa shape index (κ1) is 22.2. The van der Waals surface area contributed by atoms with E-state index in [1.807, 2.05) is 37.3 Å². The van der Waals surface area contributed by atoms with Crippen LogP contribution in [0.3, 0.4) is 0 Å². The number of amidine groups is 1. The van der Waals surface area contributed by atoms with E-state index >= 15 is 0 Å². The summed E-state index contributed by atoms with van der Waals surface area (Å²) in [5.41, 5.74) is 2.24. The number of carbonyl (C=O) groups excluding carboxylic acids is 3. The maximum absolute atomic E-state index is 13.8. The van der Waals surface area contributed by atoms with E-state index in [4.69, 9.17) is 16.3 Å². The Balaban J connectivity index is 1.67. The van der Waals surface area contributed by atoms with Crippen molar-refractivity contribution in [3.05, 3.63) is 58.6 Å². The highest BCUT2D eigenvalue weighted by atomic mass is 35.5. The van der Waals surface area contributed by atoms with E-state index in [-0.39, 0.29) is 30.1 Å². The topological polar surface area (TPSA) is 91.3 Å². The molecule has 0 aliphatic carbocycles. The van der Waals surface area contributed by atoms with Gasteiger partial charge in [0.05, 0.1) is 17.3 Å².